The van der Waals surface area contributed by atoms with Crippen LogP contribution in [0.15, 0.2) is 30.3 Å². The Kier molecular flexibility index (Phi) is 5.61. The van der Waals surface area contributed by atoms with E-state index in [0.717, 1.165) is 11.3 Å². The van der Waals surface area contributed by atoms with Gasteiger partial charge in [0.2, 0.25) is 0 Å². The van der Waals surface area contributed by atoms with E-state index in [1.165, 1.54) is 12.0 Å². The zero-order valence-corrected chi connectivity index (χ0v) is 8.23. The Labute approximate surface area is 82.5 Å². The maximum Gasteiger partial charge on any atom is 0.0903 e. The largest absolute Gasteiger partial charge is 0.311 e. The average molecular weight is 200 g/mol. The number of rotatable bonds is 6. The number of hydrogen-bond acceptors (Lipinski definition) is 2. The van der Waals surface area contributed by atoms with E-state index in [2.05, 4.69) is 0 Å². The van der Waals surface area contributed by atoms with E-state index in [9.17, 15) is 4.39 Å². The van der Waals surface area contributed by atoms with Gasteiger partial charge in [-0.05, 0) is 24.0 Å². The monoisotopic (exact) mass is 200 g/mol. The van der Waals surface area contributed by atoms with Crippen LogP contribution in [0.3, 0.4) is 0 Å². The van der Waals surface area contributed by atoms with Gasteiger partial charge in [0.15, 0.2) is 0 Å². The third-order valence-corrected chi connectivity index (χ3v) is 2.25. The molecule has 1 aromatic rings. The van der Waals surface area contributed by atoms with E-state index >= 15 is 0 Å². The van der Waals surface area contributed by atoms with Crippen molar-refractivity contribution in [1.82, 2.24) is 0 Å². The zero-order valence-electron chi connectivity index (χ0n) is 7.41. The molecule has 0 saturated heterocycles. The molecule has 0 aliphatic rings. The highest BCUT2D eigenvalue weighted by Gasteiger charge is 1.92. The summed E-state index contributed by atoms with van der Waals surface area (Å²) in [6, 6.07) is 9.95. The van der Waals surface area contributed by atoms with Gasteiger partial charge in [-0.2, -0.15) is 0 Å². The van der Waals surface area contributed by atoms with Crippen LogP contribution < -0.4 is 0 Å². The molecule has 1 nitrogen and oxygen atoms in total. The van der Waals surface area contributed by atoms with Crippen LogP contribution in [0.1, 0.15) is 12.0 Å². The maximum atomic E-state index is 11.7. The number of halogens is 1. The van der Waals surface area contributed by atoms with E-state index in [1.807, 2.05) is 30.3 Å². The first-order chi connectivity index (χ1) is 6.43. The smallest absolute Gasteiger partial charge is 0.0903 e. The maximum absolute atomic E-state index is 11.7. The molecule has 3 heteroatoms. The van der Waals surface area contributed by atoms with E-state index < -0.39 is 0 Å². The Morgan fingerprint density at radius 1 is 1.23 bits per heavy atom. The van der Waals surface area contributed by atoms with Crippen LogP contribution in [-0.2, 0) is 10.8 Å². The molecule has 0 saturated carbocycles. The fraction of sp³-hybridized carbons (Fsp3) is 0.400. The second-order valence-corrected chi connectivity index (χ2v) is 3.49. The van der Waals surface area contributed by atoms with Crippen molar-refractivity contribution in [3.05, 3.63) is 35.9 Å². The van der Waals surface area contributed by atoms with E-state index in [-0.39, 0.29) is 6.67 Å². The van der Waals surface area contributed by atoms with Gasteiger partial charge in [-0.3, -0.25) is 4.39 Å². The van der Waals surface area contributed by atoms with Gasteiger partial charge >= 0.3 is 0 Å². The predicted octanol–water partition coefficient (Wildman–Crippen LogP) is 3.21. The molecule has 0 amide bonds. The molecule has 13 heavy (non-hydrogen) atoms. The minimum atomic E-state index is -0.262. The summed E-state index contributed by atoms with van der Waals surface area (Å²) in [6.07, 6.45) is 0.569. The Morgan fingerprint density at radius 3 is 2.69 bits per heavy atom. The summed E-state index contributed by atoms with van der Waals surface area (Å²) in [5.41, 5.74) is 1.15. The zero-order chi connectivity index (χ0) is 9.36. The van der Waals surface area contributed by atoms with Crippen molar-refractivity contribution in [3.63, 3.8) is 0 Å². The van der Waals surface area contributed by atoms with Crippen molar-refractivity contribution in [2.75, 3.05) is 12.4 Å². The summed E-state index contributed by atoms with van der Waals surface area (Å²) in [5, 5.41) is 0. The molecular weight excluding hydrogens is 187 g/mol. The van der Waals surface area contributed by atoms with Crippen LogP contribution in [0.4, 0.5) is 4.39 Å². The lowest BCUT2D eigenvalue weighted by Gasteiger charge is -2.01. The molecule has 0 fully saturated rings. The van der Waals surface area contributed by atoms with Crippen LogP contribution in [0.25, 0.3) is 0 Å². The molecule has 72 valence electrons. The Hall–Kier alpha value is -0.540. The van der Waals surface area contributed by atoms with E-state index in [0.29, 0.717) is 13.0 Å². The second-order valence-electron chi connectivity index (χ2n) is 2.61. The first kappa shape index (κ1) is 10.5. The standard InChI is InChI=1S/C10H13FOS/c11-7-4-8-13-12-9-10-5-2-1-3-6-10/h1-3,5-6H,4,7-9H2. The average Bonchev–Trinajstić information content (AvgIpc) is 2.19. The lowest BCUT2D eigenvalue weighted by atomic mass is 10.2. The molecule has 0 aliphatic heterocycles. The summed E-state index contributed by atoms with van der Waals surface area (Å²) in [6.45, 7) is 0.333. The Balaban J connectivity index is 2.07. The first-order valence-electron chi connectivity index (χ1n) is 4.28. The van der Waals surface area contributed by atoms with Crippen molar-refractivity contribution in [3.8, 4) is 0 Å². The van der Waals surface area contributed by atoms with Gasteiger partial charge in [0, 0.05) is 5.75 Å². The molecule has 0 heterocycles. The SMILES string of the molecule is FCCCSOCc1ccccc1. The Morgan fingerprint density at radius 2 is 2.00 bits per heavy atom. The van der Waals surface area contributed by atoms with Crippen molar-refractivity contribution in [2.45, 2.75) is 13.0 Å². The third kappa shape index (κ3) is 4.90. The molecule has 0 unspecified atom stereocenters. The first-order valence-corrected chi connectivity index (χ1v) is 5.19. The molecule has 0 spiro atoms. The summed E-state index contributed by atoms with van der Waals surface area (Å²) >= 11 is 1.33. The topological polar surface area (TPSA) is 9.23 Å². The van der Waals surface area contributed by atoms with Crippen LogP contribution >= 0.6 is 12.0 Å². The second kappa shape index (κ2) is 6.92. The molecule has 0 aliphatic carbocycles. The summed E-state index contributed by atoms with van der Waals surface area (Å²) in [4.78, 5) is 0. The molecule has 1 rings (SSSR count). The van der Waals surface area contributed by atoms with Gasteiger partial charge in [0.05, 0.1) is 13.3 Å². The third-order valence-electron chi connectivity index (χ3n) is 1.51. The predicted molar refractivity (Wildman–Crippen MR) is 54.3 cm³/mol. The van der Waals surface area contributed by atoms with Crippen molar-refractivity contribution in [2.24, 2.45) is 0 Å². The highest BCUT2D eigenvalue weighted by molar-refractivity contribution is 7.94. The minimum Gasteiger partial charge on any atom is -0.311 e. The normalized spacial score (nSPS) is 10.2. The highest BCUT2D eigenvalue weighted by atomic mass is 32.2. The molecule has 0 bridgehead atoms. The number of hydrogen-bond donors (Lipinski definition) is 0. The summed E-state index contributed by atoms with van der Waals surface area (Å²) in [5.74, 6) is 0.726. The van der Waals surface area contributed by atoms with Gasteiger partial charge in [0.1, 0.15) is 0 Å². The van der Waals surface area contributed by atoms with Gasteiger partial charge in [-0.1, -0.05) is 30.3 Å². The van der Waals surface area contributed by atoms with Gasteiger partial charge < -0.3 is 4.18 Å². The van der Waals surface area contributed by atoms with E-state index in [4.69, 9.17) is 4.18 Å². The molecule has 0 radical (unpaired) electrons. The van der Waals surface area contributed by atoms with Crippen molar-refractivity contribution < 1.29 is 8.57 Å². The number of alkyl halides is 1. The molecular formula is C10H13FOS. The quantitative estimate of drug-likeness (QED) is 0.515. The van der Waals surface area contributed by atoms with Crippen LogP contribution in [0.5, 0.6) is 0 Å². The fourth-order valence-corrected chi connectivity index (χ4v) is 1.42. The van der Waals surface area contributed by atoms with Gasteiger partial charge in [-0.25, -0.2) is 0 Å². The van der Waals surface area contributed by atoms with Gasteiger partial charge in [0.25, 0.3) is 0 Å². The molecule has 0 aromatic heterocycles. The number of benzene rings is 1. The highest BCUT2D eigenvalue weighted by Crippen LogP contribution is 2.09. The van der Waals surface area contributed by atoms with E-state index in [1.54, 1.807) is 0 Å². The molecule has 0 atom stereocenters. The van der Waals surface area contributed by atoms with Crippen molar-refractivity contribution >= 4 is 12.0 Å². The summed E-state index contributed by atoms with van der Waals surface area (Å²) in [7, 11) is 0. The molecule has 1 aromatic carbocycles. The van der Waals surface area contributed by atoms with Gasteiger partial charge in [-0.15, -0.1) is 0 Å². The fourth-order valence-electron chi connectivity index (χ4n) is 0.856. The molecule has 0 N–H and O–H groups in total. The lowest BCUT2D eigenvalue weighted by Crippen LogP contribution is -1.87. The summed E-state index contributed by atoms with van der Waals surface area (Å²) < 4.78 is 16.9. The van der Waals surface area contributed by atoms with Crippen LogP contribution in [0, 0.1) is 0 Å². The van der Waals surface area contributed by atoms with Crippen LogP contribution in [0.2, 0.25) is 0 Å². The lowest BCUT2D eigenvalue weighted by molar-refractivity contribution is 0.362. The van der Waals surface area contributed by atoms with Crippen molar-refractivity contribution in [1.29, 1.82) is 0 Å². The van der Waals surface area contributed by atoms with Crippen LogP contribution in [-0.4, -0.2) is 12.4 Å². The minimum absolute atomic E-state index is 0.262. The Bertz CT molecular complexity index is 215.